The van der Waals surface area contributed by atoms with Gasteiger partial charge in [0.15, 0.2) is 0 Å². The van der Waals surface area contributed by atoms with Gasteiger partial charge in [-0.05, 0) is 39.0 Å². The molecule has 2 bridgehead atoms. The van der Waals surface area contributed by atoms with Gasteiger partial charge < -0.3 is 5.11 Å². The summed E-state index contributed by atoms with van der Waals surface area (Å²) in [4.78, 5) is 13.5. The molecular formula is C11H19NO2. The zero-order valence-electron chi connectivity index (χ0n) is 8.94. The van der Waals surface area contributed by atoms with E-state index in [9.17, 15) is 4.79 Å². The van der Waals surface area contributed by atoms with Crippen LogP contribution in [0.2, 0.25) is 0 Å². The minimum Gasteiger partial charge on any atom is -0.481 e. The summed E-state index contributed by atoms with van der Waals surface area (Å²) in [5.41, 5.74) is 0. The van der Waals surface area contributed by atoms with Gasteiger partial charge in [0.25, 0.3) is 0 Å². The highest BCUT2D eigenvalue weighted by Gasteiger charge is 2.44. The summed E-state index contributed by atoms with van der Waals surface area (Å²) in [5, 5.41) is 9.13. The van der Waals surface area contributed by atoms with Crippen molar-refractivity contribution in [1.29, 1.82) is 0 Å². The Labute approximate surface area is 85.1 Å². The average Bonchev–Trinajstić information content (AvgIpc) is 2.18. The highest BCUT2D eigenvalue weighted by atomic mass is 16.4. The van der Waals surface area contributed by atoms with E-state index in [-0.39, 0.29) is 5.92 Å². The smallest absolute Gasteiger partial charge is 0.308 e. The van der Waals surface area contributed by atoms with Crippen molar-refractivity contribution >= 4 is 5.97 Å². The predicted octanol–water partition coefficient (Wildman–Crippen LogP) is 1.58. The molecule has 0 amide bonds. The predicted molar refractivity (Wildman–Crippen MR) is 54.1 cm³/mol. The Bertz CT molecular complexity index is 239. The summed E-state index contributed by atoms with van der Waals surface area (Å²) in [5.74, 6) is -0.0709. The lowest BCUT2D eigenvalue weighted by atomic mass is 9.72. The van der Waals surface area contributed by atoms with E-state index < -0.39 is 5.97 Å². The highest BCUT2D eigenvalue weighted by Crippen LogP contribution is 2.39. The lowest BCUT2D eigenvalue weighted by Gasteiger charge is -2.50. The van der Waals surface area contributed by atoms with Crippen molar-refractivity contribution in [3.63, 3.8) is 0 Å². The summed E-state index contributed by atoms with van der Waals surface area (Å²) in [6, 6.07) is 0.794. The van der Waals surface area contributed by atoms with Crippen molar-refractivity contribution in [2.45, 2.75) is 45.2 Å². The van der Waals surface area contributed by atoms with E-state index >= 15 is 0 Å². The normalized spacial score (nSPS) is 37.8. The standard InChI is InChI=1S/C11H19NO2/c1-7(2)12-6-8-3-4-10(12)9(5-8)11(13)14/h7-10H,3-6H2,1-2H3,(H,13,14). The molecule has 0 spiro atoms. The van der Waals surface area contributed by atoms with Gasteiger partial charge in [0, 0.05) is 18.6 Å². The van der Waals surface area contributed by atoms with Crippen LogP contribution in [0.25, 0.3) is 0 Å². The summed E-state index contributed by atoms with van der Waals surface area (Å²) in [7, 11) is 0. The Kier molecular flexibility index (Phi) is 2.52. The van der Waals surface area contributed by atoms with Gasteiger partial charge in [0.05, 0.1) is 5.92 Å². The fraction of sp³-hybridized carbons (Fsp3) is 0.909. The van der Waals surface area contributed by atoms with Crippen LogP contribution in [0.1, 0.15) is 33.1 Å². The number of carbonyl (C=O) groups is 1. The largest absolute Gasteiger partial charge is 0.481 e. The molecule has 0 aromatic heterocycles. The maximum absolute atomic E-state index is 11.1. The molecule has 3 fully saturated rings. The molecule has 14 heavy (non-hydrogen) atoms. The van der Waals surface area contributed by atoms with Crippen molar-refractivity contribution in [2.24, 2.45) is 11.8 Å². The molecule has 1 saturated carbocycles. The third-order valence-electron chi connectivity index (χ3n) is 3.80. The minimum atomic E-state index is -0.593. The molecule has 2 heterocycles. The third kappa shape index (κ3) is 1.54. The zero-order chi connectivity index (χ0) is 10.3. The van der Waals surface area contributed by atoms with Gasteiger partial charge in [-0.2, -0.15) is 0 Å². The van der Waals surface area contributed by atoms with E-state index in [0.717, 1.165) is 19.4 Å². The first kappa shape index (κ1) is 9.97. The molecule has 3 atom stereocenters. The van der Waals surface area contributed by atoms with Crippen LogP contribution in [0.15, 0.2) is 0 Å². The molecule has 2 saturated heterocycles. The number of rotatable bonds is 2. The Hall–Kier alpha value is -0.570. The highest BCUT2D eigenvalue weighted by molar-refractivity contribution is 5.71. The summed E-state index contributed by atoms with van der Waals surface area (Å²) in [6.45, 7) is 5.45. The fourth-order valence-corrected chi connectivity index (χ4v) is 3.10. The van der Waals surface area contributed by atoms with Gasteiger partial charge in [-0.25, -0.2) is 0 Å². The van der Waals surface area contributed by atoms with E-state index in [4.69, 9.17) is 5.11 Å². The SMILES string of the molecule is CC(C)N1CC2CCC1C(C(=O)O)C2. The van der Waals surface area contributed by atoms with E-state index in [1.54, 1.807) is 0 Å². The second-order valence-corrected chi connectivity index (χ2v) is 4.98. The van der Waals surface area contributed by atoms with Gasteiger partial charge in [-0.1, -0.05) is 0 Å². The van der Waals surface area contributed by atoms with Crippen LogP contribution in [-0.2, 0) is 4.79 Å². The van der Waals surface area contributed by atoms with Gasteiger partial charge in [-0.15, -0.1) is 0 Å². The maximum atomic E-state index is 11.1. The summed E-state index contributed by atoms with van der Waals surface area (Å²) in [6.07, 6.45) is 3.22. The number of hydrogen-bond acceptors (Lipinski definition) is 2. The molecule has 3 unspecified atom stereocenters. The second-order valence-electron chi connectivity index (χ2n) is 4.98. The zero-order valence-corrected chi connectivity index (χ0v) is 8.94. The lowest BCUT2D eigenvalue weighted by Crippen LogP contribution is -2.57. The van der Waals surface area contributed by atoms with Crippen LogP contribution < -0.4 is 0 Å². The van der Waals surface area contributed by atoms with E-state index in [1.165, 1.54) is 6.42 Å². The molecule has 0 aromatic rings. The van der Waals surface area contributed by atoms with Crippen LogP contribution in [0.4, 0.5) is 0 Å². The summed E-state index contributed by atoms with van der Waals surface area (Å²) < 4.78 is 0. The maximum Gasteiger partial charge on any atom is 0.308 e. The van der Waals surface area contributed by atoms with Crippen molar-refractivity contribution in [2.75, 3.05) is 6.54 Å². The van der Waals surface area contributed by atoms with E-state index in [0.29, 0.717) is 18.0 Å². The van der Waals surface area contributed by atoms with Gasteiger partial charge in [0.1, 0.15) is 0 Å². The van der Waals surface area contributed by atoms with Gasteiger partial charge >= 0.3 is 5.97 Å². The number of nitrogens with zero attached hydrogens (tertiary/aromatic N) is 1. The lowest BCUT2D eigenvalue weighted by molar-refractivity contribution is -0.151. The Morgan fingerprint density at radius 2 is 2.14 bits per heavy atom. The molecule has 1 aliphatic carbocycles. The van der Waals surface area contributed by atoms with Crippen LogP contribution in [-0.4, -0.2) is 34.6 Å². The molecule has 2 aliphatic heterocycles. The molecule has 3 rings (SSSR count). The Balaban J connectivity index is 2.15. The first-order chi connectivity index (χ1) is 6.59. The molecule has 3 nitrogen and oxygen atoms in total. The minimum absolute atomic E-state index is 0.107. The molecule has 0 aromatic carbocycles. The van der Waals surface area contributed by atoms with Crippen LogP contribution in [0.3, 0.4) is 0 Å². The van der Waals surface area contributed by atoms with E-state index in [2.05, 4.69) is 18.7 Å². The first-order valence-corrected chi connectivity index (χ1v) is 5.58. The molecular weight excluding hydrogens is 178 g/mol. The molecule has 3 aliphatic rings. The molecule has 0 radical (unpaired) electrons. The van der Waals surface area contributed by atoms with Crippen LogP contribution >= 0.6 is 0 Å². The van der Waals surface area contributed by atoms with Crippen molar-refractivity contribution in [1.82, 2.24) is 4.90 Å². The van der Waals surface area contributed by atoms with Crippen molar-refractivity contribution in [3.05, 3.63) is 0 Å². The van der Waals surface area contributed by atoms with Crippen molar-refractivity contribution < 1.29 is 9.90 Å². The number of carboxylic acids is 1. The number of piperidine rings is 2. The van der Waals surface area contributed by atoms with Crippen LogP contribution in [0.5, 0.6) is 0 Å². The average molecular weight is 197 g/mol. The first-order valence-electron chi connectivity index (χ1n) is 5.58. The quantitative estimate of drug-likeness (QED) is 0.730. The molecule has 80 valence electrons. The number of aliphatic carboxylic acids is 1. The number of fused-ring (bicyclic) bond motifs is 3. The van der Waals surface area contributed by atoms with E-state index in [1.807, 2.05) is 0 Å². The fourth-order valence-electron chi connectivity index (χ4n) is 3.10. The summed E-state index contributed by atoms with van der Waals surface area (Å²) >= 11 is 0. The molecule has 1 N–H and O–H groups in total. The Morgan fingerprint density at radius 3 is 2.64 bits per heavy atom. The molecule has 3 heteroatoms. The monoisotopic (exact) mass is 197 g/mol. The van der Waals surface area contributed by atoms with Crippen molar-refractivity contribution in [3.8, 4) is 0 Å². The number of carboxylic acid groups (broad SMARTS) is 1. The van der Waals surface area contributed by atoms with Crippen LogP contribution in [0, 0.1) is 11.8 Å². The number of hydrogen-bond donors (Lipinski definition) is 1. The van der Waals surface area contributed by atoms with Gasteiger partial charge in [0.2, 0.25) is 0 Å². The topological polar surface area (TPSA) is 40.5 Å². The third-order valence-corrected chi connectivity index (χ3v) is 3.80. The van der Waals surface area contributed by atoms with Gasteiger partial charge in [-0.3, -0.25) is 9.69 Å². The second kappa shape index (κ2) is 3.54. The Morgan fingerprint density at radius 1 is 1.43 bits per heavy atom.